The molecule has 0 bridgehead atoms. The van der Waals surface area contributed by atoms with Gasteiger partial charge in [0.25, 0.3) is 5.91 Å². The molecule has 0 aliphatic heterocycles. The summed E-state index contributed by atoms with van der Waals surface area (Å²) in [6.45, 7) is 4.62. The van der Waals surface area contributed by atoms with Crippen LogP contribution in [0.15, 0.2) is 65.3 Å². The van der Waals surface area contributed by atoms with E-state index >= 15 is 0 Å². The van der Waals surface area contributed by atoms with Crippen LogP contribution in [-0.4, -0.2) is 33.0 Å². The molecule has 1 aromatic heterocycles. The van der Waals surface area contributed by atoms with E-state index in [1.54, 1.807) is 11.8 Å². The van der Waals surface area contributed by atoms with Gasteiger partial charge in [0, 0.05) is 28.0 Å². The molecule has 1 N–H and O–H groups in total. The number of ether oxygens (including phenoxy) is 1. The van der Waals surface area contributed by atoms with Gasteiger partial charge < -0.3 is 10.1 Å². The van der Waals surface area contributed by atoms with Gasteiger partial charge in [0.05, 0.1) is 12.3 Å². The predicted octanol–water partition coefficient (Wildman–Crippen LogP) is 6.97. The average molecular weight is 517 g/mol. The highest BCUT2D eigenvalue weighted by atomic mass is 32.2. The Morgan fingerprint density at radius 1 is 1.03 bits per heavy atom. The lowest BCUT2D eigenvalue weighted by atomic mass is 9.61. The largest absolute Gasteiger partial charge is 0.464 e. The van der Waals surface area contributed by atoms with Crippen molar-refractivity contribution in [3.8, 4) is 6.01 Å². The van der Waals surface area contributed by atoms with Crippen LogP contribution in [-0.2, 0) is 11.2 Å². The molecule has 0 radical (unpaired) electrons. The number of anilines is 1. The van der Waals surface area contributed by atoms with Gasteiger partial charge >= 0.3 is 6.01 Å². The number of carbonyl (C=O) groups is 1. The second kappa shape index (κ2) is 11.5. The molecule has 1 heterocycles. The minimum Gasteiger partial charge on any atom is -0.464 e. The van der Waals surface area contributed by atoms with Crippen LogP contribution in [0.1, 0.15) is 69.9 Å². The van der Waals surface area contributed by atoms with Crippen LogP contribution < -0.4 is 10.1 Å². The Morgan fingerprint density at radius 3 is 2.54 bits per heavy atom. The van der Waals surface area contributed by atoms with E-state index in [0.29, 0.717) is 12.6 Å². The van der Waals surface area contributed by atoms with Crippen molar-refractivity contribution in [1.29, 1.82) is 0 Å². The molecule has 5 rings (SSSR count). The number of unbranched alkanes of at least 4 members (excludes halogenated alkanes) is 1. The molecule has 194 valence electrons. The first-order chi connectivity index (χ1) is 18.2. The van der Waals surface area contributed by atoms with Crippen LogP contribution in [0.2, 0.25) is 0 Å². The summed E-state index contributed by atoms with van der Waals surface area (Å²) in [6, 6.07) is 18.7. The van der Waals surface area contributed by atoms with E-state index in [2.05, 4.69) is 46.7 Å². The molecule has 2 aromatic carbocycles. The summed E-state index contributed by atoms with van der Waals surface area (Å²) in [5, 5.41) is 13.0. The summed E-state index contributed by atoms with van der Waals surface area (Å²) in [5.74, 6) is 0.894. The van der Waals surface area contributed by atoms with Crippen LogP contribution in [0.3, 0.4) is 0 Å². The molecule has 7 heteroatoms. The fourth-order valence-corrected chi connectivity index (χ4v) is 6.78. The lowest BCUT2D eigenvalue weighted by molar-refractivity contribution is -0.114. The van der Waals surface area contributed by atoms with Crippen molar-refractivity contribution < 1.29 is 9.53 Å². The molecule has 3 aromatic rings. The quantitative estimate of drug-likeness (QED) is 0.246. The fourth-order valence-electron chi connectivity index (χ4n) is 5.77. The SMILES string of the molecule is CCCCSc1nnc(OCC)n1C1=C(C(=O)Nc2ccccc2)C2(CCCCC2)Cc2ccccc21. The smallest absolute Gasteiger partial charge is 0.322 e. The Hall–Kier alpha value is -3.06. The van der Waals surface area contributed by atoms with E-state index < -0.39 is 0 Å². The number of amides is 1. The first-order valence-electron chi connectivity index (χ1n) is 13.6. The molecule has 2 aliphatic carbocycles. The number of thioether (sulfide) groups is 1. The van der Waals surface area contributed by atoms with Crippen molar-refractivity contribution in [2.75, 3.05) is 17.7 Å². The molecule has 6 nitrogen and oxygen atoms in total. The summed E-state index contributed by atoms with van der Waals surface area (Å²) in [5.41, 5.74) is 4.62. The highest BCUT2D eigenvalue weighted by molar-refractivity contribution is 7.99. The number of benzene rings is 2. The van der Waals surface area contributed by atoms with E-state index in [1.165, 1.54) is 12.0 Å². The third-order valence-corrected chi connectivity index (χ3v) is 8.48. The van der Waals surface area contributed by atoms with Gasteiger partial charge in [-0.1, -0.05) is 91.9 Å². The zero-order valence-corrected chi connectivity index (χ0v) is 22.7. The first-order valence-corrected chi connectivity index (χ1v) is 14.6. The number of hydrogen-bond acceptors (Lipinski definition) is 5. The number of nitrogens with zero attached hydrogens (tertiary/aromatic N) is 3. The van der Waals surface area contributed by atoms with Crippen molar-refractivity contribution >= 4 is 29.1 Å². The van der Waals surface area contributed by atoms with Gasteiger partial charge in [0.2, 0.25) is 0 Å². The molecular formula is C30H36N4O2S. The Bertz CT molecular complexity index is 1260. The van der Waals surface area contributed by atoms with Crippen molar-refractivity contribution in [2.45, 2.75) is 70.4 Å². The molecule has 0 atom stereocenters. The first kappa shape index (κ1) is 25.6. The molecule has 1 saturated carbocycles. The van der Waals surface area contributed by atoms with Gasteiger partial charge in [-0.2, -0.15) is 0 Å². The second-order valence-corrected chi connectivity index (χ2v) is 11.0. The van der Waals surface area contributed by atoms with Gasteiger partial charge in [-0.25, -0.2) is 4.57 Å². The minimum absolute atomic E-state index is 0.0433. The van der Waals surface area contributed by atoms with Crippen molar-refractivity contribution in [3.05, 3.63) is 71.3 Å². The van der Waals surface area contributed by atoms with Crippen LogP contribution in [0.25, 0.3) is 5.70 Å². The van der Waals surface area contributed by atoms with E-state index in [4.69, 9.17) is 4.74 Å². The molecule has 2 aliphatic rings. The Kier molecular flexibility index (Phi) is 7.99. The monoisotopic (exact) mass is 516 g/mol. The minimum atomic E-state index is -0.236. The van der Waals surface area contributed by atoms with Gasteiger partial charge in [-0.15, -0.1) is 5.10 Å². The van der Waals surface area contributed by atoms with Gasteiger partial charge in [0.15, 0.2) is 5.16 Å². The Labute approximate surface area is 223 Å². The molecule has 0 unspecified atom stereocenters. The summed E-state index contributed by atoms with van der Waals surface area (Å²) in [7, 11) is 0. The maximum atomic E-state index is 14.3. The number of rotatable bonds is 9. The third-order valence-electron chi connectivity index (χ3n) is 7.47. The molecule has 37 heavy (non-hydrogen) atoms. The van der Waals surface area contributed by atoms with Gasteiger partial charge in [-0.3, -0.25) is 4.79 Å². The number of carbonyl (C=O) groups excluding carboxylic acids is 1. The highest BCUT2D eigenvalue weighted by Gasteiger charge is 2.46. The van der Waals surface area contributed by atoms with E-state index in [0.717, 1.165) is 78.4 Å². The maximum absolute atomic E-state index is 14.3. The molecule has 1 fully saturated rings. The van der Waals surface area contributed by atoms with Gasteiger partial charge in [0.1, 0.15) is 0 Å². The Balaban J connectivity index is 1.75. The standard InChI is InChI=1S/C30H36N4O2S/c1-3-5-20-37-29-33-32-28(36-4-2)34(29)26-24-17-11-10-14-22(24)21-30(18-12-7-13-19-30)25(26)27(35)31-23-15-8-6-9-16-23/h6,8-11,14-17H,3-5,7,12-13,18-21H2,1-2H3,(H,31,35). The summed E-state index contributed by atoms with van der Waals surface area (Å²) in [4.78, 5) is 14.3. The molecule has 0 saturated heterocycles. The highest BCUT2D eigenvalue weighted by Crippen LogP contribution is 2.53. The number of hydrogen-bond donors (Lipinski definition) is 1. The van der Waals surface area contributed by atoms with E-state index in [1.807, 2.05) is 41.8 Å². The van der Waals surface area contributed by atoms with Crippen LogP contribution >= 0.6 is 11.8 Å². The van der Waals surface area contributed by atoms with E-state index in [9.17, 15) is 4.79 Å². The van der Waals surface area contributed by atoms with Crippen molar-refractivity contribution in [1.82, 2.24) is 14.8 Å². The number of fused-ring (bicyclic) bond motifs is 1. The van der Waals surface area contributed by atoms with E-state index in [-0.39, 0.29) is 11.3 Å². The fraction of sp³-hybridized carbons (Fsp3) is 0.433. The number of nitrogens with one attached hydrogen (secondary N) is 1. The van der Waals surface area contributed by atoms with Crippen LogP contribution in [0.5, 0.6) is 6.01 Å². The summed E-state index contributed by atoms with van der Waals surface area (Å²) >= 11 is 1.68. The average Bonchev–Trinajstić information content (AvgIpc) is 3.31. The predicted molar refractivity (Wildman–Crippen MR) is 150 cm³/mol. The summed E-state index contributed by atoms with van der Waals surface area (Å²) in [6.07, 6.45) is 8.50. The summed E-state index contributed by atoms with van der Waals surface area (Å²) < 4.78 is 8.05. The third kappa shape index (κ3) is 5.19. The topological polar surface area (TPSA) is 69.0 Å². The number of aromatic nitrogens is 3. The zero-order valence-electron chi connectivity index (χ0n) is 21.8. The molecule has 1 amide bonds. The van der Waals surface area contributed by atoms with Crippen LogP contribution in [0.4, 0.5) is 5.69 Å². The van der Waals surface area contributed by atoms with Crippen LogP contribution in [0, 0.1) is 5.41 Å². The van der Waals surface area contributed by atoms with Crippen molar-refractivity contribution in [2.24, 2.45) is 5.41 Å². The Morgan fingerprint density at radius 2 is 1.78 bits per heavy atom. The lowest BCUT2D eigenvalue weighted by Crippen LogP contribution is -2.39. The molecule has 1 spiro atoms. The van der Waals surface area contributed by atoms with Crippen molar-refractivity contribution in [3.63, 3.8) is 0 Å². The second-order valence-electron chi connectivity index (χ2n) is 9.95. The normalized spacial score (nSPS) is 16.5. The maximum Gasteiger partial charge on any atom is 0.322 e. The number of para-hydroxylation sites is 1. The lowest BCUT2D eigenvalue weighted by Gasteiger charge is -2.44. The molecular weight excluding hydrogens is 480 g/mol. The zero-order chi connectivity index (χ0) is 25.7. The van der Waals surface area contributed by atoms with Gasteiger partial charge in [-0.05, 0) is 50.3 Å².